The third-order valence-corrected chi connectivity index (χ3v) is 11.2. The Labute approximate surface area is 337 Å². The summed E-state index contributed by atoms with van der Waals surface area (Å²) in [5.41, 5.74) is -0.655. The van der Waals surface area contributed by atoms with E-state index in [1.165, 1.54) is 16.8 Å². The van der Waals surface area contributed by atoms with Gasteiger partial charge in [-0.05, 0) is 62.8 Å². The Balaban J connectivity index is 2.14. The molecule has 0 radical (unpaired) electrons. The molecule has 7 atom stereocenters. The first-order valence-corrected chi connectivity index (χ1v) is 20.2. The van der Waals surface area contributed by atoms with Gasteiger partial charge in [0.1, 0.15) is 36.8 Å². The lowest BCUT2D eigenvalue weighted by molar-refractivity contribution is -0.170. The van der Waals surface area contributed by atoms with Gasteiger partial charge in [-0.25, -0.2) is 4.79 Å². The van der Waals surface area contributed by atoms with Crippen LogP contribution in [-0.4, -0.2) is 108 Å². The smallest absolute Gasteiger partial charge is 0.329 e. The van der Waals surface area contributed by atoms with Crippen molar-refractivity contribution >= 4 is 41.5 Å². The molecule has 0 saturated carbocycles. The summed E-state index contributed by atoms with van der Waals surface area (Å²) in [5.74, 6) is -3.27. The van der Waals surface area contributed by atoms with Crippen molar-refractivity contribution in [2.75, 3.05) is 20.1 Å². The van der Waals surface area contributed by atoms with Crippen LogP contribution in [0.3, 0.4) is 0 Å². The molecule has 0 bridgehead atoms. The maximum Gasteiger partial charge on any atom is 0.329 e. The topological polar surface area (TPSA) is 181 Å². The highest BCUT2D eigenvalue weighted by Crippen LogP contribution is 2.30. The minimum atomic E-state index is -1.38. The lowest BCUT2D eigenvalue weighted by atomic mass is 9.82. The molecule has 3 rings (SSSR count). The maximum atomic E-state index is 14.4. The van der Waals surface area contributed by atoms with Crippen molar-refractivity contribution < 1.29 is 43.0 Å². The molecule has 2 heterocycles. The Morgan fingerprint density at radius 3 is 2.16 bits per heavy atom. The SMILES string of the molecule is C#CCCC[C@H]1OC(=O)CNC(=O)[C@H]([C@H](C)CC)NC(=O)[C@@H]2CCCN2C(=O)C(C(C)C)OC(=O)C(Cc2ccccc2)N(C)C(=O)[C@H](C(C)C)NC(=O)C1(C)C. The number of fused-ring (bicyclic) bond motifs is 1. The Morgan fingerprint density at radius 1 is 0.895 bits per heavy atom. The average molecular weight is 794 g/mol. The van der Waals surface area contributed by atoms with E-state index >= 15 is 0 Å². The Bertz CT molecular complexity index is 1640. The fourth-order valence-corrected chi connectivity index (χ4v) is 7.10. The van der Waals surface area contributed by atoms with Crippen LogP contribution in [0, 0.1) is 35.5 Å². The van der Waals surface area contributed by atoms with Crippen molar-refractivity contribution in [2.24, 2.45) is 23.2 Å². The third-order valence-electron chi connectivity index (χ3n) is 11.2. The molecule has 314 valence electrons. The van der Waals surface area contributed by atoms with Crippen molar-refractivity contribution in [2.45, 2.75) is 137 Å². The first kappa shape index (κ1) is 46.5. The number of ether oxygens (including phenoxy) is 2. The highest BCUT2D eigenvalue weighted by atomic mass is 16.6. The van der Waals surface area contributed by atoms with Crippen LogP contribution < -0.4 is 16.0 Å². The zero-order chi connectivity index (χ0) is 42.6. The number of hydrogen-bond donors (Lipinski definition) is 3. The van der Waals surface area contributed by atoms with Crippen LogP contribution in [0.15, 0.2) is 30.3 Å². The van der Waals surface area contributed by atoms with E-state index in [0.29, 0.717) is 32.1 Å². The second-order valence-electron chi connectivity index (χ2n) is 16.5. The summed E-state index contributed by atoms with van der Waals surface area (Å²) in [7, 11) is 1.46. The number of benzene rings is 1. The van der Waals surface area contributed by atoms with Crippen molar-refractivity contribution in [3.8, 4) is 12.3 Å². The van der Waals surface area contributed by atoms with Gasteiger partial charge in [-0.1, -0.05) is 78.3 Å². The summed E-state index contributed by atoms with van der Waals surface area (Å²) in [6.45, 7) is 13.5. The van der Waals surface area contributed by atoms with E-state index in [0.717, 1.165) is 5.56 Å². The van der Waals surface area contributed by atoms with Gasteiger partial charge in [0.05, 0.1) is 5.41 Å². The number of unbranched alkanes of at least 4 members (excludes halogenated alkanes) is 1. The van der Waals surface area contributed by atoms with E-state index in [9.17, 15) is 33.6 Å². The zero-order valence-corrected chi connectivity index (χ0v) is 35.1. The van der Waals surface area contributed by atoms with E-state index in [2.05, 4.69) is 21.9 Å². The fraction of sp³-hybridized carbons (Fsp3) is 0.651. The molecule has 0 spiro atoms. The number of terminal acetylenes is 1. The molecule has 2 aliphatic heterocycles. The molecule has 2 fully saturated rings. The minimum absolute atomic E-state index is 0.0478. The number of hydrogen-bond acceptors (Lipinski definition) is 9. The van der Waals surface area contributed by atoms with Crippen molar-refractivity contribution in [3.63, 3.8) is 0 Å². The lowest BCUT2D eigenvalue weighted by Crippen LogP contribution is -2.59. The lowest BCUT2D eigenvalue weighted by Gasteiger charge is -2.37. The molecular formula is C43H63N5O9. The maximum absolute atomic E-state index is 14.4. The number of carbonyl (C=O) groups excluding carboxylic acids is 7. The van der Waals surface area contributed by atoms with Gasteiger partial charge < -0.3 is 35.2 Å². The summed E-state index contributed by atoms with van der Waals surface area (Å²) >= 11 is 0. The Morgan fingerprint density at radius 2 is 1.56 bits per heavy atom. The van der Waals surface area contributed by atoms with E-state index < -0.39 is 102 Å². The molecule has 5 amide bonds. The van der Waals surface area contributed by atoms with Gasteiger partial charge in [-0.2, -0.15) is 0 Å². The van der Waals surface area contributed by atoms with Crippen molar-refractivity contribution in [1.82, 2.24) is 25.8 Å². The molecule has 1 aromatic rings. The monoisotopic (exact) mass is 793 g/mol. The fourth-order valence-electron chi connectivity index (χ4n) is 7.10. The van der Waals surface area contributed by atoms with E-state index in [1.807, 2.05) is 25.1 Å². The Hall–Kier alpha value is -4.93. The predicted molar refractivity (Wildman–Crippen MR) is 214 cm³/mol. The summed E-state index contributed by atoms with van der Waals surface area (Å²) in [6.07, 6.45) is 5.60. The van der Waals surface area contributed by atoms with Gasteiger partial charge in [-0.15, -0.1) is 12.3 Å². The Kier molecular flexibility index (Phi) is 17.1. The van der Waals surface area contributed by atoms with Gasteiger partial charge in [-0.3, -0.25) is 28.8 Å². The highest BCUT2D eigenvalue weighted by Gasteiger charge is 2.45. The van der Waals surface area contributed by atoms with Gasteiger partial charge in [0.2, 0.25) is 23.6 Å². The van der Waals surface area contributed by atoms with Crippen LogP contribution in [0.1, 0.15) is 99.5 Å². The van der Waals surface area contributed by atoms with Gasteiger partial charge in [0.25, 0.3) is 5.91 Å². The number of cyclic esters (lactones) is 2. The molecule has 14 nitrogen and oxygen atoms in total. The van der Waals surface area contributed by atoms with Gasteiger partial charge >= 0.3 is 11.9 Å². The predicted octanol–water partition coefficient (Wildman–Crippen LogP) is 3.16. The van der Waals surface area contributed by atoms with Crippen LogP contribution >= 0.6 is 0 Å². The highest BCUT2D eigenvalue weighted by molar-refractivity contribution is 5.96. The molecule has 2 unspecified atom stereocenters. The quantitative estimate of drug-likeness (QED) is 0.192. The van der Waals surface area contributed by atoms with Crippen LogP contribution in [-0.2, 0) is 49.5 Å². The average Bonchev–Trinajstić information content (AvgIpc) is 3.68. The van der Waals surface area contributed by atoms with E-state index in [-0.39, 0.29) is 25.3 Å². The summed E-state index contributed by atoms with van der Waals surface area (Å²) in [5, 5.41) is 8.27. The first-order valence-electron chi connectivity index (χ1n) is 20.2. The number of nitrogens with zero attached hydrogens (tertiary/aromatic N) is 2. The number of amides is 5. The third kappa shape index (κ3) is 12.0. The summed E-state index contributed by atoms with van der Waals surface area (Å²) in [4.78, 5) is 101. The molecule has 1 aromatic carbocycles. The van der Waals surface area contributed by atoms with Crippen LogP contribution in [0.2, 0.25) is 0 Å². The molecule has 14 heteroatoms. The minimum Gasteiger partial charge on any atom is -0.460 e. The molecular weight excluding hydrogens is 730 g/mol. The molecule has 0 aliphatic carbocycles. The first-order chi connectivity index (χ1) is 26.8. The second-order valence-corrected chi connectivity index (χ2v) is 16.5. The number of esters is 2. The normalized spacial score (nSPS) is 26.6. The van der Waals surface area contributed by atoms with Crippen molar-refractivity contribution in [1.29, 1.82) is 0 Å². The number of nitrogens with one attached hydrogen (secondary N) is 3. The van der Waals surface area contributed by atoms with E-state index in [4.69, 9.17) is 15.9 Å². The zero-order valence-electron chi connectivity index (χ0n) is 35.1. The van der Waals surface area contributed by atoms with Crippen LogP contribution in [0.4, 0.5) is 0 Å². The molecule has 0 aromatic heterocycles. The molecule has 3 N–H and O–H groups in total. The van der Waals surface area contributed by atoms with Crippen molar-refractivity contribution in [3.05, 3.63) is 35.9 Å². The van der Waals surface area contributed by atoms with Gasteiger partial charge in [0, 0.05) is 26.4 Å². The molecule has 2 saturated heterocycles. The van der Waals surface area contributed by atoms with Crippen LogP contribution in [0.5, 0.6) is 0 Å². The number of carbonyl (C=O) groups is 7. The largest absolute Gasteiger partial charge is 0.460 e. The number of rotatable bonds is 9. The number of likely N-dealkylation sites (N-methyl/N-ethyl adjacent to an activating group) is 1. The molecule has 57 heavy (non-hydrogen) atoms. The van der Waals surface area contributed by atoms with Crippen LogP contribution in [0.25, 0.3) is 0 Å². The van der Waals surface area contributed by atoms with Gasteiger partial charge in [0.15, 0.2) is 6.10 Å². The standard InChI is InChI=1S/C43H63N5O9/c1-11-13-15-22-32-43(8,9)42(55)46-34(26(3)4)39(52)47(10)31(24-29-19-16-14-17-20-29)41(54)57-36(27(5)6)40(53)48-23-18-21-30(48)37(50)45-35(28(7)12-2)38(51)44-25-33(49)56-32/h1,14,16-17,19-20,26-28,30-32,34-36H,12-13,15,18,21-25H2,2-10H3,(H,44,51)(H,45,50)(H,46,55)/t28-,30+,31?,32-,34+,35+,36?/m1/s1. The summed E-state index contributed by atoms with van der Waals surface area (Å²) < 4.78 is 11.9. The second kappa shape index (κ2) is 21.0. The summed E-state index contributed by atoms with van der Waals surface area (Å²) in [6, 6.07) is 4.75. The molecule has 2 aliphatic rings. The van der Waals surface area contributed by atoms with E-state index in [1.54, 1.807) is 60.6 Å².